The molecule has 0 saturated heterocycles. The summed E-state index contributed by atoms with van der Waals surface area (Å²) in [5.74, 6) is -5.98. The maximum Gasteiger partial charge on any atom is 0.255 e. The number of hydrogen-bond acceptors (Lipinski definition) is 4. The molecule has 0 heterocycles. The summed E-state index contributed by atoms with van der Waals surface area (Å²) in [5, 5.41) is 1.40. The minimum atomic E-state index is -3.93. The van der Waals surface area contributed by atoms with E-state index in [1.165, 1.54) is 12.1 Å². The number of carbonyl (C=O) groups is 2. The Kier molecular flexibility index (Phi) is 5.59. The number of rotatable bonds is 4. The summed E-state index contributed by atoms with van der Waals surface area (Å²) < 4.78 is 66.6. The maximum absolute atomic E-state index is 13.4. The average molecular weight is 472 g/mol. The Morgan fingerprint density at radius 2 is 1.58 bits per heavy atom. The first-order chi connectivity index (χ1) is 14.6. The van der Waals surface area contributed by atoms with Crippen LogP contribution in [0.25, 0.3) is 0 Å². The third kappa shape index (κ3) is 3.96. The molecule has 1 N–H and O–H groups in total. The molecule has 2 aromatic rings. The zero-order chi connectivity index (χ0) is 22.5. The van der Waals surface area contributed by atoms with Crippen molar-refractivity contribution in [2.24, 2.45) is 11.8 Å². The van der Waals surface area contributed by atoms with Crippen LogP contribution in [0.2, 0.25) is 5.02 Å². The monoisotopic (exact) mass is 471 g/mol. The van der Waals surface area contributed by atoms with Gasteiger partial charge in [0.15, 0.2) is 27.3 Å². The number of sulfone groups is 1. The molecular formula is C21H17ClF3NO4S. The summed E-state index contributed by atoms with van der Waals surface area (Å²) in [6.45, 7) is 0. The zero-order valence-electron chi connectivity index (χ0n) is 16.0. The quantitative estimate of drug-likeness (QED) is 0.664. The molecule has 1 amide bonds. The smallest absolute Gasteiger partial charge is 0.255 e. The topological polar surface area (TPSA) is 80.3 Å². The first kappa shape index (κ1) is 21.8. The van der Waals surface area contributed by atoms with Crippen LogP contribution < -0.4 is 5.32 Å². The van der Waals surface area contributed by atoms with E-state index in [9.17, 15) is 31.2 Å². The van der Waals surface area contributed by atoms with Crippen molar-refractivity contribution in [1.82, 2.24) is 0 Å². The lowest BCUT2D eigenvalue weighted by molar-refractivity contribution is -0.121. The Hall–Kier alpha value is -2.39. The molecule has 4 rings (SSSR count). The summed E-state index contributed by atoms with van der Waals surface area (Å²) in [7, 11) is -3.93. The van der Waals surface area contributed by atoms with Crippen LogP contribution in [0.15, 0.2) is 35.2 Å². The highest BCUT2D eigenvalue weighted by atomic mass is 35.5. The number of fused-ring (bicyclic) bond motifs is 2. The molecule has 5 nitrogen and oxygen atoms in total. The maximum atomic E-state index is 13.4. The summed E-state index contributed by atoms with van der Waals surface area (Å²) in [6.07, 6.45) is 1.69. The average Bonchev–Trinajstić information content (AvgIpc) is 2.99. The van der Waals surface area contributed by atoms with Gasteiger partial charge in [-0.2, -0.15) is 0 Å². The van der Waals surface area contributed by atoms with E-state index in [0.717, 1.165) is 6.07 Å². The normalized spacial score (nSPS) is 23.1. The lowest BCUT2D eigenvalue weighted by Crippen LogP contribution is -2.37. The van der Waals surface area contributed by atoms with E-state index in [1.54, 1.807) is 0 Å². The predicted octanol–water partition coefficient (Wildman–Crippen LogP) is 4.54. The van der Waals surface area contributed by atoms with Crippen molar-refractivity contribution in [3.05, 3.63) is 58.4 Å². The van der Waals surface area contributed by atoms with Crippen LogP contribution in [0.5, 0.6) is 0 Å². The van der Waals surface area contributed by atoms with Gasteiger partial charge in [0.2, 0.25) is 0 Å². The van der Waals surface area contributed by atoms with Gasteiger partial charge >= 0.3 is 0 Å². The van der Waals surface area contributed by atoms with Crippen LogP contribution in [0.4, 0.5) is 18.9 Å². The summed E-state index contributed by atoms with van der Waals surface area (Å²) in [5.41, 5.74) is -0.433. The molecule has 0 aliphatic heterocycles. The lowest BCUT2D eigenvalue weighted by Gasteiger charge is -2.29. The first-order valence-electron chi connectivity index (χ1n) is 9.59. The molecule has 2 aromatic carbocycles. The van der Waals surface area contributed by atoms with Gasteiger partial charge in [-0.25, -0.2) is 21.6 Å². The van der Waals surface area contributed by atoms with E-state index in [2.05, 4.69) is 5.32 Å². The Morgan fingerprint density at radius 1 is 1.00 bits per heavy atom. The van der Waals surface area contributed by atoms with Crippen LogP contribution in [0.1, 0.15) is 36.0 Å². The molecular weight excluding hydrogens is 455 g/mol. The number of ketones is 1. The number of Topliss-reactive ketones (excluding diaryl/α,β-unsaturated/α-hetero) is 1. The minimum absolute atomic E-state index is 0.0527. The van der Waals surface area contributed by atoms with E-state index in [0.29, 0.717) is 25.0 Å². The molecule has 2 unspecified atom stereocenters. The summed E-state index contributed by atoms with van der Waals surface area (Å²) in [6, 6.07) is 4.86. The van der Waals surface area contributed by atoms with Gasteiger partial charge in [-0.15, -0.1) is 0 Å². The van der Waals surface area contributed by atoms with Gasteiger partial charge < -0.3 is 5.32 Å². The van der Waals surface area contributed by atoms with Crippen molar-refractivity contribution < 1.29 is 31.2 Å². The molecule has 2 fully saturated rings. The predicted molar refractivity (Wildman–Crippen MR) is 107 cm³/mol. The molecule has 2 saturated carbocycles. The molecule has 3 atom stereocenters. The molecule has 2 aliphatic rings. The van der Waals surface area contributed by atoms with Gasteiger partial charge in [-0.05, 0) is 42.9 Å². The van der Waals surface area contributed by atoms with Gasteiger partial charge in [-0.1, -0.05) is 11.6 Å². The second-order valence-corrected chi connectivity index (χ2v) is 10.4. The van der Waals surface area contributed by atoms with E-state index in [4.69, 9.17) is 11.6 Å². The third-order valence-electron chi connectivity index (χ3n) is 5.92. The highest BCUT2D eigenvalue weighted by molar-refractivity contribution is 7.92. The fourth-order valence-corrected chi connectivity index (χ4v) is 7.44. The van der Waals surface area contributed by atoms with Gasteiger partial charge in [-0.3, -0.25) is 9.59 Å². The van der Waals surface area contributed by atoms with Crippen LogP contribution >= 0.6 is 11.6 Å². The Balaban J connectivity index is 1.64. The number of halogens is 4. The number of anilines is 1. The van der Waals surface area contributed by atoms with Gasteiger partial charge in [0.1, 0.15) is 5.78 Å². The molecule has 10 heteroatoms. The fraction of sp³-hybridized carbons (Fsp3) is 0.333. The Morgan fingerprint density at radius 3 is 2.16 bits per heavy atom. The van der Waals surface area contributed by atoms with Crippen molar-refractivity contribution in [3.8, 4) is 0 Å². The third-order valence-corrected chi connectivity index (χ3v) is 8.80. The van der Waals surface area contributed by atoms with Crippen molar-refractivity contribution in [2.45, 2.75) is 35.8 Å². The Labute approximate surface area is 181 Å². The number of carbonyl (C=O) groups excluding carboxylic acids is 2. The van der Waals surface area contributed by atoms with Crippen LogP contribution in [-0.4, -0.2) is 25.4 Å². The van der Waals surface area contributed by atoms with Crippen LogP contribution in [0.3, 0.4) is 0 Å². The molecule has 31 heavy (non-hydrogen) atoms. The van der Waals surface area contributed by atoms with Crippen molar-refractivity contribution in [3.63, 3.8) is 0 Å². The van der Waals surface area contributed by atoms with Crippen molar-refractivity contribution in [2.75, 3.05) is 5.32 Å². The van der Waals surface area contributed by atoms with E-state index in [1.807, 2.05) is 0 Å². The van der Waals surface area contributed by atoms with E-state index < -0.39 is 38.4 Å². The standard InChI is InChI=1S/C21H17ClF3NO4S/c22-15-4-3-12(21(28)26-13-8-16(23)19(25)17(24)9-13)7-18(15)31(29,30)20-10-1-2-11(20)6-14(27)5-10/h3-4,7-11,20H,1-2,5-6H2,(H,26,28)/t10-,11?,20?/m0/s1. The van der Waals surface area contributed by atoms with Crippen LogP contribution in [-0.2, 0) is 14.6 Å². The number of amides is 1. The number of hydrogen-bond donors (Lipinski definition) is 1. The van der Waals surface area contributed by atoms with E-state index >= 15 is 0 Å². The van der Waals surface area contributed by atoms with Gasteiger partial charge in [0, 0.05) is 36.2 Å². The van der Waals surface area contributed by atoms with Crippen molar-refractivity contribution in [1.29, 1.82) is 0 Å². The SMILES string of the molecule is O=C1CC2CC[C@@H](C1)C2S(=O)(=O)c1cc(C(=O)Nc2cc(F)c(F)c(F)c2)ccc1Cl. The largest absolute Gasteiger partial charge is 0.322 e. The van der Waals surface area contributed by atoms with E-state index in [-0.39, 0.29) is 51.6 Å². The first-order valence-corrected chi connectivity index (χ1v) is 11.5. The molecule has 0 aromatic heterocycles. The van der Waals surface area contributed by atoms with Gasteiger partial charge in [0.25, 0.3) is 5.91 Å². The minimum Gasteiger partial charge on any atom is -0.322 e. The highest BCUT2D eigenvalue weighted by Crippen LogP contribution is 2.47. The second-order valence-electron chi connectivity index (χ2n) is 7.91. The van der Waals surface area contributed by atoms with Gasteiger partial charge in [0.05, 0.1) is 15.2 Å². The van der Waals surface area contributed by atoms with Crippen LogP contribution in [0, 0.1) is 29.3 Å². The summed E-state index contributed by atoms with van der Waals surface area (Å²) >= 11 is 6.15. The number of benzene rings is 2. The lowest BCUT2D eigenvalue weighted by atomic mass is 9.88. The highest BCUT2D eigenvalue weighted by Gasteiger charge is 2.49. The zero-order valence-corrected chi connectivity index (χ0v) is 17.6. The second kappa shape index (κ2) is 7.94. The molecule has 2 aliphatic carbocycles. The molecule has 0 radical (unpaired) electrons. The molecule has 0 spiro atoms. The number of nitrogens with one attached hydrogen (secondary N) is 1. The summed E-state index contributed by atoms with van der Waals surface area (Å²) in [4.78, 5) is 24.1. The fourth-order valence-electron chi connectivity index (χ4n) is 4.59. The molecule has 2 bridgehead atoms. The molecule has 164 valence electrons. The Bertz CT molecular complexity index is 1160. The van der Waals surface area contributed by atoms with Crippen molar-refractivity contribution >= 4 is 38.8 Å².